The van der Waals surface area contributed by atoms with Crippen molar-refractivity contribution in [1.29, 1.82) is 0 Å². The number of nitrogens with zero attached hydrogens (tertiary/aromatic N) is 1. The Morgan fingerprint density at radius 2 is 2.15 bits per heavy atom. The van der Waals surface area contributed by atoms with Gasteiger partial charge in [-0.05, 0) is 25.8 Å². The Hall–Kier alpha value is -0.830. The summed E-state index contributed by atoms with van der Waals surface area (Å²) in [5.74, 6) is 2.63. The van der Waals surface area contributed by atoms with Gasteiger partial charge in [0.15, 0.2) is 0 Å². The van der Waals surface area contributed by atoms with E-state index in [1.165, 1.54) is 30.8 Å². The van der Waals surface area contributed by atoms with Crippen molar-refractivity contribution in [3.8, 4) is 0 Å². The van der Waals surface area contributed by atoms with Crippen molar-refractivity contribution < 1.29 is 0 Å². The second-order valence-electron chi connectivity index (χ2n) is 4.19. The van der Waals surface area contributed by atoms with Crippen LogP contribution in [0.1, 0.15) is 42.6 Å². The first-order chi connectivity index (χ1) is 6.43. The predicted octanol–water partition coefficient (Wildman–Crippen LogP) is 1.36. The molecular formula is C10H15N3. The molecular weight excluding hydrogens is 162 g/mol. The van der Waals surface area contributed by atoms with Gasteiger partial charge in [0, 0.05) is 30.3 Å². The fourth-order valence-electron chi connectivity index (χ4n) is 2.05. The van der Waals surface area contributed by atoms with Gasteiger partial charge >= 0.3 is 0 Å². The molecule has 2 fully saturated rings. The molecule has 70 valence electrons. The fourth-order valence-corrected chi connectivity index (χ4v) is 2.05. The van der Waals surface area contributed by atoms with E-state index >= 15 is 0 Å². The lowest BCUT2D eigenvalue weighted by Gasteiger charge is -2.02. The second kappa shape index (κ2) is 2.84. The normalized spacial score (nSPS) is 28.2. The summed E-state index contributed by atoms with van der Waals surface area (Å²) in [5, 5.41) is 3.36. The molecule has 0 spiro atoms. The number of imidazole rings is 1. The van der Waals surface area contributed by atoms with Crippen LogP contribution < -0.4 is 5.32 Å². The van der Waals surface area contributed by atoms with Crippen LogP contribution in [0.15, 0.2) is 6.20 Å². The molecule has 13 heavy (non-hydrogen) atoms. The Kier molecular flexibility index (Phi) is 1.65. The van der Waals surface area contributed by atoms with Crippen molar-refractivity contribution in [2.24, 2.45) is 0 Å². The quantitative estimate of drug-likeness (QED) is 0.716. The first-order valence-corrected chi connectivity index (χ1v) is 5.19. The summed E-state index contributed by atoms with van der Waals surface area (Å²) in [5.41, 5.74) is 1.36. The second-order valence-corrected chi connectivity index (χ2v) is 4.19. The number of hydrogen-bond acceptors (Lipinski definition) is 2. The molecule has 1 aliphatic heterocycles. The minimum absolute atomic E-state index is 0.632. The number of nitrogens with one attached hydrogen (secondary N) is 2. The Morgan fingerprint density at radius 3 is 2.85 bits per heavy atom. The number of aromatic amines is 1. The van der Waals surface area contributed by atoms with Crippen molar-refractivity contribution in [3.63, 3.8) is 0 Å². The van der Waals surface area contributed by atoms with Gasteiger partial charge in [-0.1, -0.05) is 0 Å². The molecule has 3 nitrogen and oxygen atoms in total. The standard InChI is InChI=1S/C10H15N3/c1-2-7(1)9-6-12-10(13-9)8-3-4-11-5-8/h6-8,11H,1-5H2,(H,12,13). The smallest absolute Gasteiger partial charge is 0.110 e. The highest BCUT2D eigenvalue weighted by Crippen LogP contribution is 2.39. The predicted molar refractivity (Wildman–Crippen MR) is 50.8 cm³/mol. The van der Waals surface area contributed by atoms with E-state index in [9.17, 15) is 0 Å². The molecule has 1 atom stereocenters. The van der Waals surface area contributed by atoms with Crippen LogP contribution in [-0.2, 0) is 0 Å². The van der Waals surface area contributed by atoms with Crippen LogP contribution in [-0.4, -0.2) is 23.1 Å². The van der Waals surface area contributed by atoms with Crippen molar-refractivity contribution in [2.45, 2.75) is 31.1 Å². The lowest BCUT2D eigenvalue weighted by Crippen LogP contribution is -2.08. The maximum Gasteiger partial charge on any atom is 0.110 e. The summed E-state index contributed by atoms with van der Waals surface area (Å²) in [6.45, 7) is 2.24. The van der Waals surface area contributed by atoms with Crippen LogP contribution in [0.2, 0.25) is 0 Å². The van der Waals surface area contributed by atoms with Crippen LogP contribution in [0.4, 0.5) is 0 Å². The van der Waals surface area contributed by atoms with Gasteiger partial charge in [0.25, 0.3) is 0 Å². The van der Waals surface area contributed by atoms with Crippen LogP contribution >= 0.6 is 0 Å². The summed E-state index contributed by atoms with van der Waals surface area (Å²) in [6, 6.07) is 0. The van der Waals surface area contributed by atoms with E-state index in [0.717, 1.165) is 19.0 Å². The van der Waals surface area contributed by atoms with E-state index in [0.29, 0.717) is 5.92 Å². The van der Waals surface area contributed by atoms with Gasteiger partial charge < -0.3 is 10.3 Å². The average molecular weight is 177 g/mol. The molecule has 1 aliphatic carbocycles. The van der Waals surface area contributed by atoms with Gasteiger partial charge in [-0.15, -0.1) is 0 Å². The van der Waals surface area contributed by atoms with E-state index in [1.807, 2.05) is 6.20 Å². The topological polar surface area (TPSA) is 40.7 Å². The minimum atomic E-state index is 0.632. The summed E-state index contributed by atoms with van der Waals surface area (Å²) in [6.07, 6.45) is 5.97. The van der Waals surface area contributed by atoms with Crippen LogP contribution in [0.5, 0.6) is 0 Å². The van der Waals surface area contributed by atoms with Crippen molar-refractivity contribution >= 4 is 0 Å². The summed E-state index contributed by atoms with van der Waals surface area (Å²) < 4.78 is 0. The molecule has 1 saturated carbocycles. The molecule has 2 aliphatic rings. The van der Waals surface area contributed by atoms with Crippen LogP contribution in [0, 0.1) is 0 Å². The minimum Gasteiger partial charge on any atom is -0.345 e. The molecule has 0 amide bonds. The first-order valence-electron chi connectivity index (χ1n) is 5.19. The third-order valence-electron chi connectivity index (χ3n) is 3.08. The molecule has 2 heterocycles. The lowest BCUT2D eigenvalue weighted by molar-refractivity contribution is 0.711. The maximum absolute atomic E-state index is 4.46. The zero-order valence-corrected chi connectivity index (χ0v) is 7.71. The van der Waals surface area contributed by atoms with Gasteiger partial charge in [0.2, 0.25) is 0 Å². The average Bonchev–Trinajstić information content (AvgIpc) is 2.72. The van der Waals surface area contributed by atoms with Crippen LogP contribution in [0.25, 0.3) is 0 Å². The van der Waals surface area contributed by atoms with E-state index < -0.39 is 0 Å². The zero-order chi connectivity index (χ0) is 8.67. The molecule has 3 rings (SSSR count). The third-order valence-corrected chi connectivity index (χ3v) is 3.08. The van der Waals surface area contributed by atoms with Gasteiger partial charge in [0.05, 0.1) is 0 Å². The Bertz CT molecular complexity index is 295. The van der Waals surface area contributed by atoms with Gasteiger partial charge in [-0.2, -0.15) is 0 Å². The summed E-state index contributed by atoms with van der Waals surface area (Å²) >= 11 is 0. The van der Waals surface area contributed by atoms with E-state index in [4.69, 9.17) is 0 Å². The number of H-pyrrole nitrogens is 1. The molecule has 1 saturated heterocycles. The number of rotatable bonds is 2. The molecule has 0 aromatic carbocycles. The van der Waals surface area contributed by atoms with E-state index in [1.54, 1.807) is 0 Å². The molecule has 1 aromatic rings. The Morgan fingerprint density at radius 1 is 1.23 bits per heavy atom. The van der Waals surface area contributed by atoms with Gasteiger partial charge in [0.1, 0.15) is 5.82 Å². The summed E-state index contributed by atoms with van der Waals surface area (Å²) in [4.78, 5) is 7.93. The number of aromatic nitrogens is 2. The highest BCUT2D eigenvalue weighted by atomic mass is 15.0. The maximum atomic E-state index is 4.46. The largest absolute Gasteiger partial charge is 0.345 e. The first kappa shape index (κ1) is 7.56. The third kappa shape index (κ3) is 1.37. The summed E-state index contributed by atoms with van der Waals surface area (Å²) in [7, 11) is 0. The molecule has 1 aromatic heterocycles. The highest BCUT2D eigenvalue weighted by molar-refractivity contribution is 5.15. The molecule has 0 bridgehead atoms. The molecule has 1 unspecified atom stereocenters. The lowest BCUT2D eigenvalue weighted by atomic mass is 10.1. The fraction of sp³-hybridized carbons (Fsp3) is 0.700. The molecule has 3 heteroatoms. The molecule has 2 N–H and O–H groups in total. The Balaban J connectivity index is 1.79. The van der Waals surface area contributed by atoms with Crippen LogP contribution in [0.3, 0.4) is 0 Å². The monoisotopic (exact) mass is 177 g/mol. The number of hydrogen-bond donors (Lipinski definition) is 2. The van der Waals surface area contributed by atoms with Gasteiger partial charge in [-0.3, -0.25) is 0 Å². The van der Waals surface area contributed by atoms with Crippen molar-refractivity contribution in [3.05, 3.63) is 17.7 Å². The van der Waals surface area contributed by atoms with Crippen molar-refractivity contribution in [2.75, 3.05) is 13.1 Å². The van der Waals surface area contributed by atoms with Crippen molar-refractivity contribution in [1.82, 2.24) is 15.3 Å². The zero-order valence-electron chi connectivity index (χ0n) is 7.71. The van der Waals surface area contributed by atoms with E-state index in [2.05, 4.69) is 15.3 Å². The highest BCUT2D eigenvalue weighted by Gasteiger charge is 2.27. The van der Waals surface area contributed by atoms with Gasteiger partial charge in [-0.25, -0.2) is 4.98 Å². The Labute approximate surface area is 78.0 Å². The van der Waals surface area contributed by atoms with E-state index in [-0.39, 0.29) is 0 Å². The molecule has 0 radical (unpaired) electrons. The SMILES string of the molecule is c1nc(C2CCNC2)[nH]c1C1CC1.